The molecule has 110 valence electrons. The summed E-state index contributed by atoms with van der Waals surface area (Å²) in [7, 11) is 0. The van der Waals surface area contributed by atoms with Crippen LogP contribution in [0.4, 0.5) is 0 Å². The van der Waals surface area contributed by atoms with Crippen molar-refractivity contribution in [1.82, 2.24) is 0 Å². The van der Waals surface area contributed by atoms with Crippen molar-refractivity contribution in [3.8, 4) is 0 Å². The van der Waals surface area contributed by atoms with Crippen molar-refractivity contribution < 1.29 is 30.6 Å². The second kappa shape index (κ2) is 9.66. The van der Waals surface area contributed by atoms with E-state index in [9.17, 15) is 15.3 Å². The van der Waals surface area contributed by atoms with Crippen molar-refractivity contribution in [2.24, 2.45) is 0 Å². The Hall–Kier alpha value is -0.240. The van der Waals surface area contributed by atoms with Gasteiger partial charge in [-0.2, -0.15) is 0 Å². The van der Waals surface area contributed by atoms with Gasteiger partial charge >= 0.3 is 0 Å². The molecule has 0 aromatic rings. The first kappa shape index (κ1) is 17.8. The van der Waals surface area contributed by atoms with Crippen LogP contribution in [0.3, 0.4) is 0 Å². The van der Waals surface area contributed by atoms with Crippen LogP contribution in [0.25, 0.3) is 0 Å². The van der Waals surface area contributed by atoms with Crippen LogP contribution in [0.15, 0.2) is 0 Å². The number of hydrogen-bond donors (Lipinski definition) is 6. The van der Waals surface area contributed by atoms with Crippen LogP contribution in [-0.4, -0.2) is 68.3 Å². The predicted octanol–water partition coefficient (Wildman–Crippen LogP) is -1.24. The minimum absolute atomic E-state index is 0.0150. The van der Waals surface area contributed by atoms with Crippen molar-refractivity contribution in [2.45, 2.75) is 56.3 Å². The molecule has 0 amide bonds. The lowest BCUT2D eigenvalue weighted by atomic mass is 9.82. The molecule has 3 unspecified atom stereocenters. The fraction of sp³-hybridized carbons (Fsp3) is 1.00. The molecule has 0 aliphatic carbocycles. The number of aliphatic hydroxyl groups excluding tert-OH is 5. The summed E-state index contributed by atoms with van der Waals surface area (Å²) in [4.78, 5) is 0. The maximum atomic E-state index is 10.4. The van der Waals surface area contributed by atoms with Gasteiger partial charge in [-0.1, -0.05) is 0 Å². The Labute approximate surface area is 108 Å². The molecule has 0 aliphatic rings. The van der Waals surface area contributed by atoms with Gasteiger partial charge in [-0.25, -0.2) is 0 Å². The van der Waals surface area contributed by atoms with E-state index in [0.717, 1.165) is 0 Å². The normalized spacial score (nSPS) is 18.3. The highest BCUT2D eigenvalue weighted by molar-refractivity contribution is 4.93. The third-order valence-electron chi connectivity index (χ3n) is 3.18. The average Bonchev–Trinajstić information content (AvgIpc) is 2.36. The Morgan fingerprint density at radius 3 is 1.78 bits per heavy atom. The van der Waals surface area contributed by atoms with E-state index < -0.39 is 17.8 Å². The molecule has 0 fully saturated rings. The summed E-state index contributed by atoms with van der Waals surface area (Å²) in [5.74, 6) is 0. The van der Waals surface area contributed by atoms with Gasteiger partial charge in [0, 0.05) is 19.8 Å². The molecule has 0 radical (unpaired) electrons. The number of hydrogen-bond acceptors (Lipinski definition) is 6. The maximum absolute atomic E-state index is 10.4. The number of aliphatic hydroxyl groups is 6. The van der Waals surface area contributed by atoms with Crippen LogP contribution in [0.2, 0.25) is 0 Å². The molecule has 0 rings (SSSR count). The summed E-state index contributed by atoms with van der Waals surface area (Å²) in [5, 5.41) is 56.3. The topological polar surface area (TPSA) is 121 Å². The third-order valence-corrected chi connectivity index (χ3v) is 3.18. The molecule has 0 spiro atoms. The molecule has 0 aromatic carbocycles. The summed E-state index contributed by atoms with van der Waals surface area (Å²) in [5.41, 5.74) is -1.70. The second-order valence-corrected chi connectivity index (χ2v) is 4.58. The Morgan fingerprint density at radius 1 is 0.722 bits per heavy atom. The summed E-state index contributed by atoms with van der Waals surface area (Å²) < 4.78 is 0. The third kappa shape index (κ3) is 5.60. The van der Waals surface area contributed by atoms with Crippen LogP contribution in [-0.2, 0) is 0 Å². The highest BCUT2D eigenvalue weighted by Crippen LogP contribution is 2.27. The van der Waals surface area contributed by atoms with E-state index in [1.807, 2.05) is 0 Å². The van der Waals surface area contributed by atoms with E-state index >= 15 is 0 Å². The lowest BCUT2D eigenvalue weighted by molar-refractivity contribution is -0.158. The van der Waals surface area contributed by atoms with E-state index in [1.165, 1.54) is 0 Å². The highest BCUT2D eigenvalue weighted by Gasteiger charge is 2.41. The first-order chi connectivity index (χ1) is 8.52. The number of unbranched alkanes of at least 4 members (excludes halogenated alkanes) is 1. The smallest absolute Gasteiger partial charge is 0.116 e. The quantitative estimate of drug-likeness (QED) is 0.260. The molecule has 3 atom stereocenters. The Morgan fingerprint density at radius 2 is 1.28 bits per heavy atom. The average molecular weight is 266 g/mol. The van der Waals surface area contributed by atoms with Gasteiger partial charge in [-0.15, -0.1) is 0 Å². The largest absolute Gasteiger partial charge is 0.396 e. The van der Waals surface area contributed by atoms with Gasteiger partial charge in [-0.3, -0.25) is 0 Å². The molecule has 6 heteroatoms. The van der Waals surface area contributed by atoms with Gasteiger partial charge < -0.3 is 30.6 Å². The van der Waals surface area contributed by atoms with Crippen LogP contribution in [0.5, 0.6) is 0 Å². The van der Waals surface area contributed by atoms with Crippen LogP contribution in [0.1, 0.15) is 38.5 Å². The molecule has 6 nitrogen and oxygen atoms in total. The Bertz CT molecular complexity index is 201. The molecule has 0 aromatic heterocycles. The van der Waals surface area contributed by atoms with Crippen molar-refractivity contribution in [3.05, 3.63) is 0 Å². The molecule has 0 bridgehead atoms. The number of rotatable bonds is 11. The van der Waals surface area contributed by atoms with Gasteiger partial charge in [-0.05, 0) is 38.5 Å². The summed E-state index contributed by atoms with van der Waals surface area (Å²) >= 11 is 0. The van der Waals surface area contributed by atoms with Gasteiger partial charge in [0.05, 0.1) is 12.2 Å². The SMILES string of the molecule is OCCCCC(O)(C(O)CCO)C(O)CCCO. The fourth-order valence-corrected chi connectivity index (χ4v) is 1.98. The molecular formula is C12H26O6. The zero-order chi connectivity index (χ0) is 14.0. The maximum Gasteiger partial charge on any atom is 0.116 e. The molecule has 18 heavy (non-hydrogen) atoms. The van der Waals surface area contributed by atoms with E-state index in [1.54, 1.807) is 0 Å². The lowest BCUT2D eigenvalue weighted by Gasteiger charge is -2.37. The molecule has 0 saturated carbocycles. The van der Waals surface area contributed by atoms with Gasteiger partial charge in [0.25, 0.3) is 0 Å². The van der Waals surface area contributed by atoms with Gasteiger partial charge in [0.1, 0.15) is 5.60 Å². The van der Waals surface area contributed by atoms with Crippen LogP contribution in [0, 0.1) is 0 Å². The minimum atomic E-state index is -1.70. The van der Waals surface area contributed by atoms with E-state index in [-0.39, 0.29) is 39.1 Å². The van der Waals surface area contributed by atoms with E-state index in [4.69, 9.17) is 15.3 Å². The molecular weight excluding hydrogens is 240 g/mol. The monoisotopic (exact) mass is 266 g/mol. The zero-order valence-corrected chi connectivity index (χ0v) is 10.7. The van der Waals surface area contributed by atoms with Gasteiger partial charge in [0.15, 0.2) is 0 Å². The van der Waals surface area contributed by atoms with Crippen molar-refractivity contribution in [3.63, 3.8) is 0 Å². The van der Waals surface area contributed by atoms with E-state index in [0.29, 0.717) is 19.3 Å². The summed E-state index contributed by atoms with van der Waals surface area (Å²) in [6, 6.07) is 0. The lowest BCUT2D eigenvalue weighted by Crippen LogP contribution is -2.52. The van der Waals surface area contributed by atoms with E-state index in [2.05, 4.69) is 0 Å². The predicted molar refractivity (Wildman–Crippen MR) is 65.9 cm³/mol. The molecule has 0 aliphatic heterocycles. The zero-order valence-electron chi connectivity index (χ0n) is 10.7. The van der Waals surface area contributed by atoms with Crippen molar-refractivity contribution in [2.75, 3.05) is 19.8 Å². The first-order valence-corrected chi connectivity index (χ1v) is 6.44. The van der Waals surface area contributed by atoms with Crippen LogP contribution < -0.4 is 0 Å². The first-order valence-electron chi connectivity index (χ1n) is 6.44. The van der Waals surface area contributed by atoms with Crippen molar-refractivity contribution in [1.29, 1.82) is 0 Å². The van der Waals surface area contributed by atoms with Gasteiger partial charge in [0.2, 0.25) is 0 Å². The molecule has 0 heterocycles. The highest BCUT2D eigenvalue weighted by atomic mass is 16.4. The van der Waals surface area contributed by atoms with Crippen molar-refractivity contribution >= 4 is 0 Å². The second-order valence-electron chi connectivity index (χ2n) is 4.58. The summed E-state index contributed by atoms with van der Waals surface area (Å²) in [6.07, 6.45) is -0.830. The summed E-state index contributed by atoms with van der Waals surface area (Å²) in [6.45, 7) is -0.394. The Kier molecular flexibility index (Phi) is 9.53. The standard InChI is InChI=1S/C12H26O6/c13-7-2-1-6-12(18,11(17)5-9-15)10(16)4-3-8-14/h10-11,13-18H,1-9H2. The fourth-order valence-electron chi connectivity index (χ4n) is 1.98. The minimum Gasteiger partial charge on any atom is -0.396 e. The molecule has 6 N–H and O–H groups in total. The molecule has 0 saturated heterocycles. The Balaban J connectivity index is 4.55. The van der Waals surface area contributed by atoms with Crippen LogP contribution >= 0.6 is 0 Å².